The summed E-state index contributed by atoms with van der Waals surface area (Å²) in [6, 6.07) is 54.9. The summed E-state index contributed by atoms with van der Waals surface area (Å²) in [5.74, 6) is -0.493. The van der Waals surface area contributed by atoms with Crippen molar-refractivity contribution >= 4 is 18.1 Å². The van der Waals surface area contributed by atoms with Gasteiger partial charge in [-0.15, -0.1) is 0 Å². The standard InChI is InChI=1S/2C16H13.2C11H16O.C2H7Si.Zr/c2*1-12-11-14-9-5-6-10-15(14)16(12)13-7-3-2-4-8-13;2*1-8-5-6-10(12)9(7-8)11(2,3)4;1-3-2;/h2*2-11H,1H3;2*5-7,12H,1-4H3;3H,1-2H3;/q;;;;;+2/p-2. The third-order valence-electron chi connectivity index (χ3n) is 14.1. The van der Waals surface area contributed by atoms with Crippen molar-refractivity contribution in [1.82, 2.24) is 0 Å². The van der Waals surface area contributed by atoms with Gasteiger partial charge in [0.15, 0.2) is 0 Å². The van der Waals surface area contributed by atoms with Crippen LogP contribution >= 0.6 is 0 Å². The predicted molar refractivity (Wildman–Crippen MR) is 255 cm³/mol. The van der Waals surface area contributed by atoms with E-state index < -0.39 is 31.0 Å². The fourth-order valence-corrected chi connectivity index (χ4v) is 55.4. The van der Waals surface area contributed by atoms with Gasteiger partial charge in [0.05, 0.1) is 0 Å². The van der Waals surface area contributed by atoms with E-state index in [4.69, 9.17) is 0 Å². The van der Waals surface area contributed by atoms with Gasteiger partial charge in [-0.1, -0.05) is 0 Å². The number of hydrogen-bond acceptors (Lipinski definition) is 2. The summed E-state index contributed by atoms with van der Waals surface area (Å²) in [5, 5.41) is 0. The van der Waals surface area contributed by atoms with Gasteiger partial charge < -0.3 is 0 Å². The van der Waals surface area contributed by atoms with Crippen molar-refractivity contribution in [2.24, 2.45) is 0 Å². The van der Waals surface area contributed by atoms with Crippen LogP contribution in [0.15, 0.2) is 157 Å². The first-order chi connectivity index (χ1) is 28.4. The van der Waals surface area contributed by atoms with Gasteiger partial charge in [-0.25, -0.2) is 0 Å². The summed E-state index contributed by atoms with van der Waals surface area (Å²) < 4.78 is 16.7. The summed E-state index contributed by atoms with van der Waals surface area (Å²) in [5.41, 5.74) is 14.4. The van der Waals surface area contributed by atoms with E-state index in [0.29, 0.717) is 0 Å². The Morgan fingerprint density at radius 1 is 0.450 bits per heavy atom. The summed E-state index contributed by atoms with van der Waals surface area (Å²) in [4.78, 5) is 0. The third kappa shape index (κ3) is 5.80. The molecule has 4 heteroatoms. The molecule has 0 aromatic heterocycles. The van der Waals surface area contributed by atoms with Crippen molar-refractivity contribution in [2.45, 2.75) is 99.4 Å². The van der Waals surface area contributed by atoms with Crippen molar-refractivity contribution in [3.63, 3.8) is 0 Å². The monoisotopic (exact) mass is 885 g/mol. The summed E-state index contributed by atoms with van der Waals surface area (Å²) in [6.45, 7) is 28.3. The van der Waals surface area contributed by atoms with Crippen LogP contribution in [0.4, 0.5) is 0 Å². The maximum absolute atomic E-state index is 9.17. The number of fused-ring (bicyclic) bond motifs is 2. The van der Waals surface area contributed by atoms with Crippen LogP contribution < -0.4 is 5.63 Å². The van der Waals surface area contributed by atoms with Crippen molar-refractivity contribution in [3.05, 3.63) is 212 Å². The molecule has 60 heavy (non-hydrogen) atoms. The summed E-state index contributed by atoms with van der Waals surface area (Å²) in [6.07, 6.45) is 4.94. The first-order valence-corrected chi connectivity index (χ1v) is 33.5. The van der Waals surface area contributed by atoms with Crippen molar-refractivity contribution in [1.29, 1.82) is 0 Å². The SMILES string of the molecule is CC1=Cc2ccccc2[C]1(c1ccccc1)[Zr]([O]c1ccc(C)cc1C(C)(C)C)([O]c1ccc(C)cc1C(C)(C)C)([SiH](C)C)[C]1(c2ccccc2)C(C)=Cc2ccccc21. The zero-order valence-corrected chi connectivity index (χ0v) is 41.5. The van der Waals surface area contributed by atoms with E-state index in [0.717, 1.165) is 11.5 Å². The Hall–Kier alpha value is -4.50. The molecule has 0 bridgehead atoms. The van der Waals surface area contributed by atoms with E-state index in [2.05, 4.69) is 240 Å². The molecule has 0 radical (unpaired) electrons. The Morgan fingerprint density at radius 3 is 1.15 bits per heavy atom. The fraction of sp³-hybridized carbons (Fsp3) is 0.286. The molecule has 6 aromatic carbocycles. The van der Waals surface area contributed by atoms with E-state index in [1.165, 1.54) is 66.8 Å². The van der Waals surface area contributed by atoms with Crippen LogP contribution in [0.25, 0.3) is 12.2 Å². The second-order valence-corrected chi connectivity index (χ2v) is 47.4. The Kier molecular flexibility index (Phi) is 10.4. The van der Waals surface area contributed by atoms with Gasteiger partial charge in [0.1, 0.15) is 0 Å². The molecule has 0 saturated carbocycles. The summed E-state index contributed by atoms with van der Waals surface area (Å²) in [7, 11) is 0. The Bertz CT molecular complexity index is 2480. The van der Waals surface area contributed by atoms with Crippen LogP contribution in [0.5, 0.6) is 11.5 Å². The van der Waals surface area contributed by atoms with Crippen LogP contribution in [0.2, 0.25) is 13.1 Å². The molecule has 2 nitrogen and oxygen atoms in total. The molecule has 0 saturated heterocycles. The molecule has 0 fully saturated rings. The summed E-state index contributed by atoms with van der Waals surface area (Å²) >= 11 is -6.46. The molecular formula is C56H63O2SiZr. The number of benzene rings is 6. The van der Waals surface area contributed by atoms with E-state index in [-0.39, 0.29) is 10.8 Å². The molecule has 0 heterocycles. The Morgan fingerprint density at radius 2 is 0.800 bits per heavy atom. The quantitative estimate of drug-likeness (QED) is 0.135. The second-order valence-electron chi connectivity index (χ2n) is 20.1. The second kappa shape index (κ2) is 14.8. The molecule has 0 amide bonds. The van der Waals surface area contributed by atoms with Gasteiger partial charge in [-0.3, -0.25) is 0 Å². The predicted octanol–water partition coefficient (Wildman–Crippen LogP) is 14.6. The molecule has 0 N–H and O–H groups in total. The zero-order valence-electron chi connectivity index (χ0n) is 37.9. The van der Waals surface area contributed by atoms with Gasteiger partial charge in [-0.2, -0.15) is 0 Å². The normalized spacial score (nSPS) is 19.5. The molecule has 2 atom stereocenters. The molecule has 2 aliphatic rings. The minimum atomic E-state index is -6.46. The molecule has 6 aromatic rings. The van der Waals surface area contributed by atoms with Crippen molar-refractivity contribution in [3.8, 4) is 11.5 Å². The number of hydrogen-bond donors (Lipinski definition) is 0. The average molecular weight is 887 g/mol. The molecule has 307 valence electrons. The third-order valence-corrected chi connectivity index (χ3v) is 52.9. The molecule has 2 aliphatic carbocycles. The maximum atomic E-state index is 9.17. The van der Waals surface area contributed by atoms with Gasteiger partial charge in [0, 0.05) is 0 Å². The van der Waals surface area contributed by atoms with Crippen molar-refractivity contribution in [2.75, 3.05) is 0 Å². The van der Waals surface area contributed by atoms with Gasteiger partial charge in [0.2, 0.25) is 0 Å². The topological polar surface area (TPSA) is 18.5 Å². The zero-order chi connectivity index (χ0) is 42.9. The average Bonchev–Trinajstić information content (AvgIpc) is 3.70. The first-order valence-electron chi connectivity index (χ1n) is 21.9. The van der Waals surface area contributed by atoms with Gasteiger partial charge in [0.25, 0.3) is 0 Å². The van der Waals surface area contributed by atoms with E-state index in [1.54, 1.807) is 0 Å². The van der Waals surface area contributed by atoms with E-state index >= 15 is 0 Å². The van der Waals surface area contributed by atoms with Crippen LogP contribution in [-0.4, -0.2) is 5.92 Å². The van der Waals surface area contributed by atoms with E-state index in [9.17, 15) is 5.63 Å². The number of rotatable bonds is 9. The molecule has 8 rings (SSSR count). The van der Waals surface area contributed by atoms with E-state index in [1.807, 2.05) is 0 Å². The van der Waals surface area contributed by atoms with Gasteiger partial charge in [-0.05, 0) is 0 Å². The van der Waals surface area contributed by atoms with Crippen LogP contribution in [0, 0.1) is 13.8 Å². The minimum absolute atomic E-state index is 0.226. The number of aryl methyl sites for hydroxylation is 2. The molecule has 0 aliphatic heterocycles. The molecule has 2 unspecified atom stereocenters. The Labute approximate surface area is 363 Å². The molecular weight excluding hydrogens is 824 g/mol. The molecule has 0 spiro atoms. The van der Waals surface area contributed by atoms with Crippen LogP contribution in [-0.2, 0) is 35.9 Å². The number of allylic oxidation sites excluding steroid dienone is 2. The van der Waals surface area contributed by atoms with Crippen LogP contribution in [0.3, 0.4) is 0 Å². The first kappa shape index (κ1) is 42.2. The Balaban J connectivity index is 1.77. The van der Waals surface area contributed by atoms with Crippen LogP contribution in [0.1, 0.15) is 111 Å². The van der Waals surface area contributed by atoms with Gasteiger partial charge >= 0.3 is 366 Å². The van der Waals surface area contributed by atoms with Crippen molar-refractivity contribution < 1.29 is 24.4 Å². The fourth-order valence-electron chi connectivity index (χ4n) is 11.8.